The Morgan fingerprint density at radius 2 is 1.38 bits per heavy atom. The molecule has 0 aliphatic carbocycles. The van der Waals surface area contributed by atoms with Crippen LogP contribution < -0.4 is 5.32 Å². The normalized spacial score (nSPS) is 12.8. The molecule has 0 fully saturated rings. The summed E-state index contributed by atoms with van der Waals surface area (Å²) in [5, 5.41) is 35.0. The first kappa shape index (κ1) is 16.7. The Morgan fingerprint density at radius 3 is 1.44 bits per heavy atom. The lowest BCUT2D eigenvalue weighted by Crippen LogP contribution is -2.39. The van der Waals surface area contributed by atoms with Crippen LogP contribution in [0.15, 0.2) is 0 Å². The second-order valence-electron chi connectivity index (χ2n) is 2.59. The highest BCUT2D eigenvalue weighted by atomic mass is 16.4. The average Bonchev–Trinajstić information content (AvgIpc) is 2.26. The van der Waals surface area contributed by atoms with E-state index in [-0.39, 0.29) is 5.91 Å². The predicted octanol–water partition coefficient (Wildman–Crippen LogP) is -1.98. The van der Waals surface area contributed by atoms with Crippen LogP contribution in [0.25, 0.3) is 0 Å². The Bertz CT molecular complexity index is 229. The van der Waals surface area contributed by atoms with E-state index in [1.165, 1.54) is 0 Å². The Hall–Kier alpha value is -1.67. The van der Waals surface area contributed by atoms with Crippen LogP contribution in [-0.2, 0) is 14.4 Å². The molecule has 8 nitrogen and oxygen atoms in total. The summed E-state index contributed by atoms with van der Waals surface area (Å²) in [6, 6.07) is 0. The lowest BCUT2D eigenvalue weighted by Gasteiger charge is -2.07. The number of amides is 1. The number of hydrogen-bond acceptors (Lipinski definition) is 5. The van der Waals surface area contributed by atoms with Gasteiger partial charge in [-0.2, -0.15) is 0 Å². The maximum absolute atomic E-state index is 10.1. The molecule has 0 spiro atoms. The molecule has 0 aliphatic rings. The Labute approximate surface area is 91.5 Å². The number of aliphatic hydroxyl groups is 2. The van der Waals surface area contributed by atoms with Gasteiger partial charge in [0, 0.05) is 13.5 Å². The fraction of sp³-hybridized carbons (Fsp3) is 0.625. The molecule has 8 heteroatoms. The third-order valence-corrected chi connectivity index (χ3v) is 1.41. The summed E-state index contributed by atoms with van der Waals surface area (Å²) >= 11 is 0. The van der Waals surface area contributed by atoms with E-state index in [9.17, 15) is 14.4 Å². The number of aliphatic hydroxyl groups excluding tert-OH is 2. The highest BCUT2D eigenvalue weighted by molar-refractivity contribution is 5.83. The van der Waals surface area contributed by atoms with E-state index in [1.807, 2.05) is 6.92 Å². The van der Waals surface area contributed by atoms with Crippen LogP contribution in [0.3, 0.4) is 0 Å². The molecule has 2 unspecified atom stereocenters. The van der Waals surface area contributed by atoms with Crippen molar-refractivity contribution in [1.29, 1.82) is 0 Å². The van der Waals surface area contributed by atoms with E-state index in [2.05, 4.69) is 5.32 Å². The van der Waals surface area contributed by atoms with Gasteiger partial charge in [0.05, 0.1) is 0 Å². The van der Waals surface area contributed by atoms with Gasteiger partial charge in [-0.1, -0.05) is 6.92 Å². The first-order valence-electron chi connectivity index (χ1n) is 4.30. The topological polar surface area (TPSA) is 144 Å². The fourth-order valence-corrected chi connectivity index (χ4v) is 0.447. The number of carbonyl (C=O) groups excluding carboxylic acids is 1. The summed E-state index contributed by atoms with van der Waals surface area (Å²) in [7, 11) is 1.63. The van der Waals surface area contributed by atoms with Crippen molar-refractivity contribution < 1.29 is 34.8 Å². The van der Waals surface area contributed by atoms with Crippen LogP contribution in [0.4, 0.5) is 0 Å². The largest absolute Gasteiger partial charge is 0.479 e. The SMILES string of the molecule is CCC(=O)NC.O=C(O)C(O)C(O)C(=O)O. The molecule has 0 aliphatic heterocycles. The first-order chi connectivity index (χ1) is 7.27. The lowest BCUT2D eigenvalue weighted by molar-refractivity contribution is -0.165. The third kappa shape index (κ3) is 7.71. The molecule has 5 N–H and O–H groups in total. The molecule has 2 atom stereocenters. The predicted molar refractivity (Wildman–Crippen MR) is 51.6 cm³/mol. The van der Waals surface area contributed by atoms with Gasteiger partial charge in [0.1, 0.15) is 0 Å². The summed E-state index contributed by atoms with van der Waals surface area (Å²) in [6.45, 7) is 1.82. The zero-order valence-corrected chi connectivity index (χ0v) is 8.88. The summed E-state index contributed by atoms with van der Waals surface area (Å²) in [5.74, 6) is -3.44. The summed E-state index contributed by atoms with van der Waals surface area (Å²) in [4.78, 5) is 29.6. The van der Waals surface area contributed by atoms with Gasteiger partial charge in [-0.3, -0.25) is 4.79 Å². The van der Waals surface area contributed by atoms with Crippen molar-refractivity contribution in [2.45, 2.75) is 25.6 Å². The van der Waals surface area contributed by atoms with Crippen LogP contribution in [0.2, 0.25) is 0 Å². The number of carbonyl (C=O) groups is 3. The zero-order valence-electron chi connectivity index (χ0n) is 8.88. The molecule has 0 rings (SSSR count). The molecule has 0 aromatic heterocycles. The highest BCUT2D eigenvalue weighted by Crippen LogP contribution is 1.92. The van der Waals surface area contributed by atoms with Crippen LogP contribution in [0, 0.1) is 0 Å². The molecule has 0 aromatic carbocycles. The smallest absolute Gasteiger partial charge is 0.335 e. The Morgan fingerprint density at radius 1 is 1.06 bits per heavy atom. The maximum Gasteiger partial charge on any atom is 0.335 e. The van der Waals surface area contributed by atoms with Crippen molar-refractivity contribution in [3.8, 4) is 0 Å². The van der Waals surface area contributed by atoms with E-state index in [1.54, 1.807) is 7.05 Å². The van der Waals surface area contributed by atoms with E-state index < -0.39 is 24.1 Å². The average molecular weight is 237 g/mol. The van der Waals surface area contributed by atoms with E-state index in [0.717, 1.165) is 0 Å². The van der Waals surface area contributed by atoms with Crippen LogP contribution in [-0.4, -0.2) is 57.5 Å². The van der Waals surface area contributed by atoms with Crippen LogP contribution in [0.1, 0.15) is 13.3 Å². The highest BCUT2D eigenvalue weighted by Gasteiger charge is 2.29. The maximum atomic E-state index is 10.1. The van der Waals surface area contributed by atoms with Crippen LogP contribution >= 0.6 is 0 Å². The van der Waals surface area contributed by atoms with Crippen molar-refractivity contribution in [2.75, 3.05) is 7.05 Å². The monoisotopic (exact) mass is 237 g/mol. The number of nitrogens with one attached hydrogen (secondary N) is 1. The number of carboxylic acid groups (broad SMARTS) is 2. The van der Waals surface area contributed by atoms with Gasteiger partial charge in [0.2, 0.25) is 5.91 Å². The third-order valence-electron chi connectivity index (χ3n) is 1.41. The molecular weight excluding hydrogens is 222 g/mol. The molecular formula is C8H15NO7. The summed E-state index contributed by atoms with van der Waals surface area (Å²) in [5.41, 5.74) is 0. The lowest BCUT2D eigenvalue weighted by atomic mass is 10.2. The quantitative estimate of drug-likeness (QED) is 0.381. The summed E-state index contributed by atoms with van der Waals surface area (Å²) < 4.78 is 0. The van der Waals surface area contributed by atoms with Gasteiger partial charge in [0.25, 0.3) is 0 Å². The molecule has 16 heavy (non-hydrogen) atoms. The molecule has 0 aromatic rings. The van der Waals surface area contributed by atoms with E-state index in [4.69, 9.17) is 20.4 Å². The minimum absolute atomic E-state index is 0.0926. The number of aliphatic carboxylic acids is 2. The second-order valence-corrected chi connectivity index (χ2v) is 2.59. The van der Waals surface area contributed by atoms with Crippen LogP contribution in [0.5, 0.6) is 0 Å². The molecule has 0 heterocycles. The zero-order chi connectivity index (χ0) is 13.3. The molecule has 0 bridgehead atoms. The second kappa shape index (κ2) is 8.62. The van der Waals surface area contributed by atoms with Gasteiger partial charge >= 0.3 is 11.9 Å². The fourth-order valence-electron chi connectivity index (χ4n) is 0.447. The molecule has 0 radical (unpaired) electrons. The minimum Gasteiger partial charge on any atom is -0.479 e. The minimum atomic E-state index is -2.27. The van der Waals surface area contributed by atoms with E-state index in [0.29, 0.717) is 6.42 Å². The van der Waals surface area contributed by atoms with Gasteiger partial charge in [-0.15, -0.1) is 0 Å². The number of carboxylic acids is 2. The van der Waals surface area contributed by atoms with Crippen molar-refractivity contribution in [3.05, 3.63) is 0 Å². The van der Waals surface area contributed by atoms with Crippen molar-refractivity contribution >= 4 is 17.8 Å². The Balaban J connectivity index is 0. The standard InChI is InChI=1S/C4H9NO.C4H6O6/c1-3-4(6)5-2;5-1(3(7)8)2(6)4(9)10/h3H2,1-2H3,(H,5,6);1-2,5-6H,(H,7,8)(H,9,10). The van der Waals surface area contributed by atoms with Crippen molar-refractivity contribution in [1.82, 2.24) is 5.32 Å². The molecule has 0 saturated heterocycles. The number of hydrogen-bond donors (Lipinski definition) is 5. The number of rotatable bonds is 4. The van der Waals surface area contributed by atoms with Gasteiger partial charge in [-0.05, 0) is 0 Å². The van der Waals surface area contributed by atoms with Crippen molar-refractivity contribution in [2.24, 2.45) is 0 Å². The molecule has 1 amide bonds. The molecule has 0 saturated carbocycles. The summed E-state index contributed by atoms with van der Waals surface area (Å²) in [6.07, 6.45) is -3.95. The van der Waals surface area contributed by atoms with Crippen molar-refractivity contribution in [3.63, 3.8) is 0 Å². The Kier molecular flexibility index (Phi) is 9.03. The van der Waals surface area contributed by atoms with Gasteiger partial charge in [-0.25, -0.2) is 9.59 Å². The molecule has 94 valence electrons. The first-order valence-corrected chi connectivity index (χ1v) is 4.30. The van der Waals surface area contributed by atoms with E-state index >= 15 is 0 Å². The van der Waals surface area contributed by atoms with Gasteiger partial charge < -0.3 is 25.7 Å². The van der Waals surface area contributed by atoms with Gasteiger partial charge in [0.15, 0.2) is 12.2 Å².